The van der Waals surface area contributed by atoms with Crippen LogP contribution in [0.1, 0.15) is 6.92 Å². The van der Waals surface area contributed by atoms with E-state index >= 15 is 0 Å². The van der Waals surface area contributed by atoms with Gasteiger partial charge in [-0.05, 0) is 25.1 Å². The summed E-state index contributed by atoms with van der Waals surface area (Å²) >= 11 is 1.37. The molecule has 28 heavy (non-hydrogen) atoms. The van der Waals surface area contributed by atoms with Gasteiger partial charge in [-0.25, -0.2) is 9.97 Å². The zero-order valence-electron chi connectivity index (χ0n) is 15.9. The van der Waals surface area contributed by atoms with Crippen LogP contribution in [0.5, 0.6) is 11.5 Å². The predicted molar refractivity (Wildman–Crippen MR) is 111 cm³/mol. The number of nitrogens with zero attached hydrogens (tertiary/aromatic N) is 2. The maximum absolute atomic E-state index is 12.7. The lowest BCUT2D eigenvalue weighted by Gasteiger charge is -2.15. The van der Waals surface area contributed by atoms with Crippen molar-refractivity contribution in [2.24, 2.45) is 0 Å². The Hall–Kier alpha value is -3.06. The van der Waals surface area contributed by atoms with Gasteiger partial charge in [-0.15, -0.1) is 0 Å². The Morgan fingerprint density at radius 2 is 1.82 bits per heavy atom. The van der Waals surface area contributed by atoms with Gasteiger partial charge in [-0.2, -0.15) is 0 Å². The topological polar surface area (TPSA) is 73.3 Å². The molecule has 6 nitrogen and oxygen atoms in total. The number of carbonyl (C=O) groups excluding carboxylic acids is 1. The van der Waals surface area contributed by atoms with E-state index < -0.39 is 0 Å². The highest BCUT2D eigenvalue weighted by atomic mass is 32.2. The number of methoxy groups -OCH3 is 2. The number of hydrogen-bond donors (Lipinski definition) is 1. The van der Waals surface area contributed by atoms with Gasteiger partial charge in [0.2, 0.25) is 5.91 Å². The first-order chi connectivity index (χ1) is 13.6. The van der Waals surface area contributed by atoms with Crippen LogP contribution in [0.15, 0.2) is 66.0 Å². The van der Waals surface area contributed by atoms with Gasteiger partial charge in [0.1, 0.15) is 22.9 Å². The Kier molecular flexibility index (Phi) is 6.49. The molecule has 0 aliphatic rings. The molecular formula is C21H21N3O3S. The monoisotopic (exact) mass is 395 g/mol. The fourth-order valence-corrected chi connectivity index (χ4v) is 3.37. The number of anilines is 1. The molecule has 144 valence electrons. The molecule has 0 saturated heterocycles. The highest BCUT2D eigenvalue weighted by Crippen LogP contribution is 2.31. The van der Waals surface area contributed by atoms with Crippen LogP contribution in [-0.4, -0.2) is 35.3 Å². The number of carbonyl (C=O) groups is 1. The average Bonchev–Trinajstić information content (AvgIpc) is 2.74. The molecule has 1 aromatic heterocycles. The van der Waals surface area contributed by atoms with Crippen molar-refractivity contribution in [2.75, 3.05) is 19.5 Å². The Balaban J connectivity index is 1.71. The molecule has 7 heteroatoms. The van der Waals surface area contributed by atoms with Crippen molar-refractivity contribution in [1.29, 1.82) is 0 Å². The predicted octanol–water partition coefficient (Wildman–Crippen LogP) is 4.28. The Labute approximate surface area is 168 Å². The number of benzene rings is 2. The summed E-state index contributed by atoms with van der Waals surface area (Å²) in [6.45, 7) is 1.83. The molecule has 1 amide bonds. The first-order valence-corrected chi connectivity index (χ1v) is 9.55. The zero-order valence-corrected chi connectivity index (χ0v) is 16.7. The van der Waals surface area contributed by atoms with Crippen LogP contribution < -0.4 is 14.8 Å². The summed E-state index contributed by atoms with van der Waals surface area (Å²) in [5.41, 5.74) is 2.39. The Bertz CT molecular complexity index is 951. The van der Waals surface area contributed by atoms with Crippen LogP contribution in [0.25, 0.3) is 11.3 Å². The second-order valence-corrected chi connectivity index (χ2v) is 7.28. The van der Waals surface area contributed by atoms with E-state index in [1.54, 1.807) is 32.4 Å². The van der Waals surface area contributed by atoms with Gasteiger partial charge in [-0.1, -0.05) is 42.1 Å². The molecule has 0 aliphatic heterocycles. The lowest BCUT2D eigenvalue weighted by Crippen LogP contribution is -2.22. The minimum atomic E-state index is -0.366. The normalized spacial score (nSPS) is 11.5. The molecule has 3 rings (SSSR count). The van der Waals surface area contributed by atoms with Gasteiger partial charge in [0.25, 0.3) is 0 Å². The lowest BCUT2D eigenvalue weighted by molar-refractivity contribution is -0.115. The van der Waals surface area contributed by atoms with Gasteiger partial charge >= 0.3 is 0 Å². The summed E-state index contributed by atoms with van der Waals surface area (Å²) in [5.74, 6) is 1.05. The van der Waals surface area contributed by atoms with Crippen molar-refractivity contribution in [3.05, 3.63) is 60.9 Å². The molecule has 0 bridgehead atoms. The quantitative estimate of drug-likeness (QED) is 0.475. The number of ether oxygens (including phenoxy) is 2. The van der Waals surface area contributed by atoms with E-state index in [1.165, 1.54) is 18.1 Å². The standard InChI is InChI=1S/C21H21N3O3S/c1-14(21(25)24-18-11-16(26-2)9-10-19(18)27-3)28-20-12-17(22-13-23-20)15-7-5-4-6-8-15/h4-14H,1-3H3,(H,24,25)/t14-/m1/s1. The summed E-state index contributed by atoms with van der Waals surface area (Å²) in [7, 11) is 3.13. The average molecular weight is 395 g/mol. The van der Waals surface area contributed by atoms with Crippen molar-refractivity contribution >= 4 is 23.4 Å². The number of amides is 1. The molecule has 0 spiro atoms. The van der Waals surface area contributed by atoms with Gasteiger partial charge in [-0.3, -0.25) is 4.79 Å². The van der Waals surface area contributed by atoms with Crippen LogP contribution in [0.4, 0.5) is 5.69 Å². The molecule has 3 aromatic rings. The molecule has 1 N–H and O–H groups in total. The smallest absolute Gasteiger partial charge is 0.237 e. The van der Waals surface area contributed by atoms with Crippen molar-refractivity contribution < 1.29 is 14.3 Å². The van der Waals surface area contributed by atoms with Gasteiger partial charge in [0.15, 0.2) is 0 Å². The second-order valence-electron chi connectivity index (χ2n) is 5.92. The third-order valence-electron chi connectivity index (χ3n) is 4.04. The van der Waals surface area contributed by atoms with Crippen LogP contribution in [0, 0.1) is 0 Å². The fourth-order valence-electron chi connectivity index (χ4n) is 2.55. The minimum Gasteiger partial charge on any atom is -0.497 e. The number of nitrogens with one attached hydrogen (secondary N) is 1. The highest BCUT2D eigenvalue weighted by Gasteiger charge is 2.18. The first-order valence-electron chi connectivity index (χ1n) is 8.67. The maximum Gasteiger partial charge on any atom is 0.237 e. The van der Waals surface area contributed by atoms with Gasteiger partial charge in [0, 0.05) is 11.6 Å². The molecule has 0 saturated carbocycles. The van der Waals surface area contributed by atoms with Gasteiger partial charge in [0.05, 0.1) is 30.9 Å². The van der Waals surface area contributed by atoms with E-state index in [2.05, 4.69) is 15.3 Å². The molecule has 0 fully saturated rings. The van der Waals surface area contributed by atoms with Crippen molar-refractivity contribution in [2.45, 2.75) is 17.2 Å². The van der Waals surface area contributed by atoms with E-state index in [1.807, 2.05) is 43.3 Å². The molecule has 1 heterocycles. The maximum atomic E-state index is 12.7. The molecule has 0 unspecified atom stereocenters. The van der Waals surface area contributed by atoms with Crippen molar-refractivity contribution in [1.82, 2.24) is 9.97 Å². The van der Waals surface area contributed by atoms with E-state index in [-0.39, 0.29) is 11.2 Å². The Morgan fingerprint density at radius 3 is 2.54 bits per heavy atom. The second kappa shape index (κ2) is 9.23. The molecule has 1 atom stereocenters. The van der Waals surface area contributed by atoms with Gasteiger partial charge < -0.3 is 14.8 Å². The van der Waals surface area contributed by atoms with E-state index in [4.69, 9.17) is 9.47 Å². The van der Waals surface area contributed by atoms with Crippen molar-refractivity contribution in [3.63, 3.8) is 0 Å². The fraction of sp³-hybridized carbons (Fsp3) is 0.190. The summed E-state index contributed by atoms with van der Waals surface area (Å²) < 4.78 is 10.5. The minimum absolute atomic E-state index is 0.156. The summed E-state index contributed by atoms with van der Waals surface area (Å²) in [6.07, 6.45) is 1.51. The molecule has 2 aromatic carbocycles. The third kappa shape index (κ3) is 4.80. The zero-order chi connectivity index (χ0) is 19.9. The molecule has 0 radical (unpaired) electrons. The number of rotatable bonds is 7. The van der Waals surface area contributed by atoms with E-state index in [0.29, 0.717) is 17.2 Å². The number of thioether (sulfide) groups is 1. The Morgan fingerprint density at radius 1 is 1.04 bits per heavy atom. The highest BCUT2D eigenvalue weighted by molar-refractivity contribution is 8.00. The molecular weight excluding hydrogens is 374 g/mol. The lowest BCUT2D eigenvalue weighted by atomic mass is 10.1. The summed E-state index contributed by atoms with van der Waals surface area (Å²) in [4.78, 5) is 21.3. The SMILES string of the molecule is COc1ccc(OC)c(NC(=O)[C@@H](C)Sc2cc(-c3ccccc3)ncn2)c1. The summed E-state index contributed by atoms with van der Waals surface area (Å²) in [5, 5.41) is 3.26. The van der Waals surface area contributed by atoms with Crippen LogP contribution in [0.3, 0.4) is 0 Å². The van der Waals surface area contributed by atoms with E-state index in [9.17, 15) is 4.79 Å². The van der Waals surface area contributed by atoms with Crippen LogP contribution in [0.2, 0.25) is 0 Å². The third-order valence-corrected chi connectivity index (χ3v) is 5.08. The largest absolute Gasteiger partial charge is 0.497 e. The van der Waals surface area contributed by atoms with Crippen molar-refractivity contribution in [3.8, 4) is 22.8 Å². The number of aromatic nitrogens is 2. The first kappa shape index (κ1) is 19.7. The van der Waals surface area contributed by atoms with Crippen LogP contribution in [-0.2, 0) is 4.79 Å². The van der Waals surface area contributed by atoms with Crippen LogP contribution >= 0.6 is 11.8 Å². The molecule has 0 aliphatic carbocycles. The number of hydrogen-bond acceptors (Lipinski definition) is 6. The van der Waals surface area contributed by atoms with E-state index in [0.717, 1.165) is 16.3 Å². The summed E-state index contributed by atoms with van der Waals surface area (Å²) in [6, 6.07) is 17.0.